The van der Waals surface area contributed by atoms with Crippen LogP contribution in [0.5, 0.6) is 0 Å². The summed E-state index contributed by atoms with van der Waals surface area (Å²) in [5.74, 6) is 0. The number of phosphoric ester groups is 2. The van der Waals surface area contributed by atoms with E-state index in [0.717, 1.165) is 64.2 Å². The summed E-state index contributed by atoms with van der Waals surface area (Å²) in [7, 11) is -19.3. The molecule has 6 N–H and O–H groups in total. The SMILES string of the molecule is CCCCCCCCOP(=O)(O)OP(=O)(O)O.CCCCCCCCOP(=O)(O)OP(=O)(O)O.[O]=[Ti]1[O]CC[O]1. The van der Waals surface area contributed by atoms with Crippen LogP contribution in [0.15, 0.2) is 0 Å². The van der Waals surface area contributed by atoms with Gasteiger partial charge in [0.2, 0.25) is 0 Å². The van der Waals surface area contributed by atoms with E-state index in [4.69, 9.17) is 29.4 Å². The Morgan fingerprint density at radius 2 is 0.875 bits per heavy atom. The summed E-state index contributed by atoms with van der Waals surface area (Å²) < 4.78 is 77.8. The van der Waals surface area contributed by atoms with Crippen LogP contribution in [-0.2, 0) is 64.5 Å². The van der Waals surface area contributed by atoms with Crippen LogP contribution in [0.25, 0.3) is 0 Å². The molecule has 1 heterocycles. The Morgan fingerprint density at radius 1 is 0.575 bits per heavy atom. The summed E-state index contributed by atoms with van der Waals surface area (Å²) in [4.78, 5) is 51.1. The Kier molecular flexibility index (Phi) is 26.2. The number of hydrogen-bond acceptors (Lipinski definition) is 11. The van der Waals surface area contributed by atoms with E-state index in [-0.39, 0.29) is 13.2 Å². The second kappa shape index (κ2) is 24.3. The van der Waals surface area contributed by atoms with Crippen LogP contribution in [0, 0.1) is 0 Å². The van der Waals surface area contributed by atoms with Gasteiger partial charge in [0.05, 0.1) is 13.2 Å². The van der Waals surface area contributed by atoms with E-state index in [1.165, 1.54) is 0 Å². The Hall–Kier alpha value is 0.954. The zero-order chi connectivity index (χ0) is 31.1. The van der Waals surface area contributed by atoms with Crippen molar-refractivity contribution in [3.63, 3.8) is 0 Å². The van der Waals surface area contributed by atoms with Gasteiger partial charge in [0.25, 0.3) is 0 Å². The monoisotopic (exact) mass is 704 g/mol. The van der Waals surface area contributed by atoms with Gasteiger partial charge < -0.3 is 29.4 Å². The van der Waals surface area contributed by atoms with Crippen molar-refractivity contribution in [3.05, 3.63) is 0 Å². The first-order valence-corrected chi connectivity index (χ1v) is 20.7. The third kappa shape index (κ3) is 35.2. The first-order valence-electron chi connectivity index (χ1n) is 12.7. The first-order chi connectivity index (χ1) is 18.4. The van der Waals surface area contributed by atoms with Crippen molar-refractivity contribution in [1.82, 2.24) is 0 Å². The molecule has 1 aliphatic rings. The topological polar surface area (TPSA) is 262 Å². The van der Waals surface area contributed by atoms with Crippen LogP contribution in [0.2, 0.25) is 0 Å². The second-order valence-electron chi connectivity index (χ2n) is 8.23. The Morgan fingerprint density at radius 3 is 1.12 bits per heavy atom. The molecule has 0 saturated carbocycles. The molecule has 0 bridgehead atoms. The van der Waals surface area contributed by atoms with E-state index >= 15 is 0 Å². The minimum absolute atomic E-state index is 0.0557. The molecule has 0 aromatic carbocycles. The van der Waals surface area contributed by atoms with E-state index < -0.39 is 49.9 Å². The third-order valence-corrected chi connectivity index (χ3v) is 10.2. The fourth-order valence-corrected chi connectivity index (χ4v) is 6.89. The predicted octanol–water partition coefficient (Wildman–Crippen LogP) is 4.97. The Balaban J connectivity index is 0. The van der Waals surface area contributed by atoms with Gasteiger partial charge in [-0.2, -0.15) is 8.62 Å². The van der Waals surface area contributed by atoms with E-state index in [2.05, 4.69) is 38.2 Å². The van der Waals surface area contributed by atoms with E-state index in [1.54, 1.807) is 0 Å². The molecule has 17 nitrogen and oxygen atoms in total. The average molecular weight is 704 g/mol. The molecular weight excluding hydrogens is 660 g/mol. The number of phosphoric acid groups is 4. The van der Waals surface area contributed by atoms with Gasteiger partial charge in [0.1, 0.15) is 0 Å². The zero-order valence-electron chi connectivity index (χ0n) is 22.8. The van der Waals surface area contributed by atoms with Crippen molar-refractivity contribution in [1.29, 1.82) is 0 Å². The maximum atomic E-state index is 11.0. The normalized spacial score (nSPS) is 16.8. The second-order valence-corrected chi connectivity index (χ2v) is 15.6. The summed E-state index contributed by atoms with van der Waals surface area (Å²) >= 11 is -2.52. The molecule has 0 aromatic rings. The molecule has 0 aliphatic carbocycles. The maximum absolute atomic E-state index is 11.0. The van der Waals surface area contributed by atoms with Crippen molar-refractivity contribution < 1.29 is 93.9 Å². The molecule has 40 heavy (non-hydrogen) atoms. The molecule has 1 fully saturated rings. The van der Waals surface area contributed by atoms with Crippen molar-refractivity contribution in [3.8, 4) is 0 Å². The van der Waals surface area contributed by atoms with E-state index in [0.29, 0.717) is 26.1 Å². The number of hydrogen-bond donors (Lipinski definition) is 6. The molecule has 0 amide bonds. The number of rotatable bonds is 20. The average Bonchev–Trinajstić information content (AvgIpc) is 3.26. The van der Waals surface area contributed by atoms with Gasteiger partial charge in [-0.15, -0.1) is 0 Å². The van der Waals surface area contributed by atoms with Crippen LogP contribution in [0.4, 0.5) is 0 Å². The van der Waals surface area contributed by atoms with Gasteiger partial charge in [0.15, 0.2) is 0 Å². The van der Waals surface area contributed by atoms with Crippen molar-refractivity contribution in [2.45, 2.75) is 90.9 Å². The quantitative estimate of drug-likeness (QED) is 0.0555. The van der Waals surface area contributed by atoms with Crippen molar-refractivity contribution >= 4 is 31.3 Å². The Bertz CT molecular complexity index is 782. The fraction of sp³-hybridized carbons (Fsp3) is 1.00. The van der Waals surface area contributed by atoms with Gasteiger partial charge >= 0.3 is 73.1 Å². The standard InChI is InChI=1S/2C8H20O7P2.C2H4O2.O.Ti/c2*1-2-3-4-5-6-7-8-14-17(12,13)15-16(9,10)11;3-1-2-4;;/h2*2-8H2,1H3,(H,12,13)(H2,9,10,11);1-2H2;;/q;;-2;;+2. The van der Waals surface area contributed by atoms with Crippen LogP contribution < -0.4 is 0 Å². The van der Waals surface area contributed by atoms with Crippen LogP contribution in [0.1, 0.15) is 90.9 Å². The van der Waals surface area contributed by atoms with Crippen molar-refractivity contribution in [2.75, 3.05) is 26.4 Å². The molecule has 22 heteroatoms. The Labute approximate surface area is 242 Å². The molecule has 0 spiro atoms. The van der Waals surface area contributed by atoms with Gasteiger partial charge in [-0.25, -0.2) is 18.3 Å². The summed E-state index contributed by atoms with van der Waals surface area (Å²) in [6, 6.07) is 0. The molecule has 2 unspecified atom stereocenters. The molecule has 0 aromatic heterocycles. The summed E-state index contributed by atoms with van der Waals surface area (Å²) in [5, 5.41) is 0. The molecule has 1 saturated heterocycles. The van der Waals surface area contributed by atoms with Crippen LogP contribution in [-0.4, -0.2) is 55.8 Å². The third-order valence-electron chi connectivity index (χ3n) is 4.45. The molecule has 1 rings (SSSR count). The summed E-state index contributed by atoms with van der Waals surface area (Å²) in [6.07, 6.45) is 11.6. The molecular formula is C18H44O17P4Ti. The van der Waals surface area contributed by atoms with Gasteiger partial charge in [0, 0.05) is 0 Å². The van der Waals surface area contributed by atoms with Crippen molar-refractivity contribution in [2.24, 2.45) is 0 Å². The summed E-state index contributed by atoms with van der Waals surface area (Å²) in [6.45, 7) is 5.15. The first kappa shape index (κ1) is 43.1. The minimum atomic E-state index is -5.00. The number of unbranched alkanes of at least 4 members (excludes halogenated alkanes) is 10. The van der Waals surface area contributed by atoms with Crippen LogP contribution >= 0.6 is 31.3 Å². The predicted molar refractivity (Wildman–Crippen MR) is 137 cm³/mol. The van der Waals surface area contributed by atoms with E-state index in [1.807, 2.05) is 0 Å². The molecule has 1 aliphatic heterocycles. The fourth-order valence-electron chi connectivity index (χ4n) is 2.73. The van der Waals surface area contributed by atoms with E-state index in [9.17, 15) is 21.6 Å². The van der Waals surface area contributed by atoms with Gasteiger partial charge in [-0.3, -0.25) is 9.05 Å². The van der Waals surface area contributed by atoms with Gasteiger partial charge in [-0.1, -0.05) is 78.1 Å². The molecule has 242 valence electrons. The molecule has 0 radical (unpaired) electrons. The van der Waals surface area contributed by atoms with Crippen LogP contribution in [0.3, 0.4) is 0 Å². The summed E-state index contributed by atoms with van der Waals surface area (Å²) in [5.41, 5.74) is 0. The zero-order valence-corrected chi connectivity index (χ0v) is 27.9. The van der Waals surface area contributed by atoms with Gasteiger partial charge in [-0.05, 0) is 12.8 Å². The molecule has 2 atom stereocenters.